The first-order valence-corrected chi connectivity index (χ1v) is 8.61. The van der Waals surface area contributed by atoms with Gasteiger partial charge in [0.2, 0.25) is 0 Å². The highest BCUT2D eigenvalue weighted by Gasteiger charge is 2.35. The minimum atomic E-state index is -3.56. The Morgan fingerprint density at radius 1 is 1.17 bits per heavy atom. The van der Waals surface area contributed by atoms with Crippen molar-refractivity contribution in [3.8, 4) is 5.75 Å². The number of sulfone groups is 1. The van der Waals surface area contributed by atoms with Crippen molar-refractivity contribution >= 4 is 15.7 Å². The van der Waals surface area contributed by atoms with Gasteiger partial charge < -0.3 is 10.1 Å². The SMILES string of the molecule is O=C(NCc1ccc(F)cc1)C1CS(=O)(=O)c2ccccc2O1. The summed E-state index contributed by atoms with van der Waals surface area (Å²) in [6, 6.07) is 11.9. The number of rotatable bonds is 3. The zero-order chi connectivity index (χ0) is 16.4. The lowest BCUT2D eigenvalue weighted by Gasteiger charge is -2.25. The van der Waals surface area contributed by atoms with E-state index in [0.717, 1.165) is 0 Å². The van der Waals surface area contributed by atoms with Crippen LogP contribution in [0.2, 0.25) is 0 Å². The Morgan fingerprint density at radius 2 is 1.87 bits per heavy atom. The molecular formula is C16H14FNO4S. The van der Waals surface area contributed by atoms with Crippen molar-refractivity contribution in [2.75, 3.05) is 5.75 Å². The van der Waals surface area contributed by atoms with E-state index in [4.69, 9.17) is 4.74 Å². The number of para-hydroxylation sites is 1. The smallest absolute Gasteiger partial charge is 0.262 e. The fraction of sp³-hybridized carbons (Fsp3) is 0.188. The van der Waals surface area contributed by atoms with E-state index in [1.54, 1.807) is 24.3 Å². The highest BCUT2D eigenvalue weighted by molar-refractivity contribution is 7.91. The Kier molecular flexibility index (Phi) is 4.04. The van der Waals surface area contributed by atoms with Crippen LogP contribution in [0, 0.1) is 5.82 Å². The van der Waals surface area contributed by atoms with Crippen molar-refractivity contribution in [2.24, 2.45) is 0 Å². The van der Waals surface area contributed by atoms with Gasteiger partial charge in [-0.2, -0.15) is 0 Å². The Labute approximate surface area is 133 Å². The summed E-state index contributed by atoms with van der Waals surface area (Å²) in [6.45, 7) is 0.167. The first-order valence-electron chi connectivity index (χ1n) is 6.96. The van der Waals surface area contributed by atoms with Gasteiger partial charge in [0.25, 0.3) is 5.91 Å². The molecule has 1 unspecified atom stereocenters. The molecule has 1 heterocycles. The summed E-state index contributed by atoms with van der Waals surface area (Å²) in [5.74, 6) is -1.11. The highest BCUT2D eigenvalue weighted by Crippen LogP contribution is 2.30. The molecular weight excluding hydrogens is 321 g/mol. The number of nitrogens with one attached hydrogen (secondary N) is 1. The first kappa shape index (κ1) is 15.5. The van der Waals surface area contributed by atoms with Crippen LogP contribution < -0.4 is 10.1 Å². The molecule has 23 heavy (non-hydrogen) atoms. The Balaban J connectivity index is 1.70. The molecule has 0 aromatic heterocycles. The third-order valence-electron chi connectivity index (χ3n) is 3.50. The van der Waals surface area contributed by atoms with Gasteiger partial charge in [-0.1, -0.05) is 24.3 Å². The molecule has 0 aliphatic carbocycles. The lowest BCUT2D eigenvalue weighted by molar-refractivity contribution is -0.127. The van der Waals surface area contributed by atoms with Crippen molar-refractivity contribution in [2.45, 2.75) is 17.5 Å². The van der Waals surface area contributed by atoms with E-state index in [1.165, 1.54) is 24.3 Å². The normalized spacial score (nSPS) is 18.6. The third kappa shape index (κ3) is 3.34. The average Bonchev–Trinajstić information content (AvgIpc) is 2.53. The number of ether oxygens (including phenoxy) is 1. The monoisotopic (exact) mass is 335 g/mol. The summed E-state index contributed by atoms with van der Waals surface area (Å²) in [7, 11) is -3.56. The number of hydrogen-bond acceptors (Lipinski definition) is 4. The molecule has 120 valence electrons. The molecule has 0 spiro atoms. The maximum absolute atomic E-state index is 12.8. The van der Waals surface area contributed by atoms with Crippen molar-refractivity contribution in [3.05, 3.63) is 59.9 Å². The number of amides is 1. The van der Waals surface area contributed by atoms with E-state index in [1.807, 2.05) is 0 Å². The number of halogens is 1. The molecule has 1 aliphatic heterocycles. The molecule has 7 heteroatoms. The number of benzene rings is 2. The molecule has 0 saturated heterocycles. The first-order chi connectivity index (χ1) is 11.0. The van der Waals surface area contributed by atoms with E-state index in [0.29, 0.717) is 5.56 Å². The summed E-state index contributed by atoms with van der Waals surface area (Å²) in [5, 5.41) is 2.61. The summed E-state index contributed by atoms with van der Waals surface area (Å²) in [5.41, 5.74) is 0.707. The van der Waals surface area contributed by atoms with E-state index in [9.17, 15) is 17.6 Å². The Morgan fingerprint density at radius 3 is 2.61 bits per heavy atom. The Bertz CT molecular complexity index is 833. The fourth-order valence-corrected chi connectivity index (χ4v) is 3.82. The topological polar surface area (TPSA) is 72.5 Å². The zero-order valence-corrected chi connectivity index (χ0v) is 12.8. The van der Waals surface area contributed by atoms with Gasteiger partial charge in [0, 0.05) is 6.54 Å². The second-order valence-corrected chi connectivity index (χ2v) is 7.18. The van der Waals surface area contributed by atoms with Gasteiger partial charge in [0.1, 0.15) is 22.2 Å². The van der Waals surface area contributed by atoms with Crippen molar-refractivity contribution < 1.29 is 22.3 Å². The third-order valence-corrected chi connectivity index (χ3v) is 5.25. The zero-order valence-electron chi connectivity index (χ0n) is 12.0. The molecule has 1 atom stereocenters. The molecule has 2 aromatic carbocycles. The maximum atomic E-state index is 12.8. The predicted molar refractivity (Wildman–Crippen MR) is 81.2 cm³/mol. The molecule has 0 fully saturated rings. The Hall–Kier alpha value is -2.41. The second-order valence-electron chi connectivity index (χ2n) is 5.18. The van der Waals surface area contributed by atoms with Crippen LogP contribution in [0.5, 0.6) is 5.75 Å². The van der Waals surface area contributed by atoms with Crippen LogP contribution in [-0.4, -0.2) is 26.2 Å². The van der Waals surface area contributed by atoms with Crippen LogP contribution in [-0.2, 0) is 21.2 Å². The summed E-state index contributed by atoms with van der Waals surface area (Å²) >= 11 is 0. The minimum absolute atomic E-state index is 0.0996. The van der Waals surface area contributed by atoms with Gasteiger partial charge in [0.15, 0.2) is 15.9 Å². The van der Waals surface area contributed by atoms with Gasteiger partial charge in [-0.25, -0.2) is 12.8 Å². The summed E-state index contributed by atoms with van der Waals surface area (Å²) in [6.07, 6.45) is -1.10. The van der Waals surface area contributed by atoms with Crippen molar-refractivity contribution in [3.63, 3.8) is 0 Å². The number of hydrogen-bond donors (Lipinski definition) is 1. The van der Waals surface area contributed by atoms with Gasteiger partial charge >= 0.3 is 0 Å². The van der Waals surface area contributed by atoms with E-state index in [2.05, 4.69) is 5.32 Å². The van der Waals surface area contributed by atoms with Crippen LogP contribution in [0.3, 0.4) is 0 Å². The molecule has 1 aliphatic rings. The number of carbonyl (C=O) groups is 1. The minimum Gasteiger partial charge on any atom is -0.478 e. The standard InChI is InChI=1S/C16H14FNO4S/c17-12-7-5-11(6-8-12)9-18-16(19)14-10-23(20,21)15-4-2-1-3-13(15)22-14/h1-8,14H,9-10H2,(H,18,19). The molecule has 0 saturated carbocycles. The molecule has 2 aromatic rings. The predicted octanol–water partition coefficient (Wildman–Crippen LogP) is 1.68. The van der Waals surface area contributed by atoms with Crippen LogP contribution in [0.25, 0.3) is 0 Å². The second kappa shape index (κ2) is 6.00. The van der Waals surface area contributed by atoms with E-state index >= 15 is 0 Å². The lowest BCUT2D eigenvalue weighted by Crippen LogP contribution is -2.44. The van der Waals surface area contributed by atoms with Gasteiger partial charge in [0.05, 0.1) is 0 Å². The average molecular weight is 335 g/mol. The van der Waals surface area contributed by atoms with Crippen LogP contribution in [0.15, 0.2) is 53.4 Å². The lowest BCUT2D eigenvalue weighted by atomic mass is 10.2. The van der Waals surface area contributed by atoms with Crippen molar-refractivity contribution in [1.82, 2.24) is 5.32 Å². The molecule has 5 nitrogen and oxygen atoms in total. The summed E-state index contributed by atoms with van der Waals surface area (Å²) < 4.78 is 42.7. The van der Waals surface area contributed by atoms with Gasteiger partial charge in [-0.3, -0.25) is 4.79 Å². The molecule has 1 amide bonds. The maximum Gasteiger partial charge on any atom is 0.262 e. The quantitative estimate of drug-likeness (QED) is 0.926. The molecule has 3 rings (SSSR count). The summed E-state index contributed by atoms with van der Waals surface area (Å²) in [4.78, 5) is 12.3. The number of fused-ring (bicyclic) bond motifs is 1. The van der Waals surface area contributed by atoms with Crippen LogP contribution in [0.1, 0.15) is 5.56 Å². The van der Waals surface area contributed by atoms with Crippen LogP contribution in [0.4, 0.5) is 4.39 Å². The molecule has 1 N–H and O–H groups in total. The van der Waals surface area contributed by atoms with Gasteiger partial charge in [-0.15, -0.1) is 0 Å². The highest BCUT2D eigenvalue weighted by atomic mass is 32.2. The number of carbonyl (C=O) groups excluding carboxylic acids is 1. The molecule has 0 radical (unpaired) electrons. The fourth-order valence-electron chi connectivity index (χ4n) is 2.32. The van der Waals surface area contributed by atoms with E-state index in [-0.39, 0.29) is 23.0 Å². The van der Waals surface area contributed by atoms with E-state index < -0.39 is 27.6 Å². The van der Waals surface area contributed by atoms with Crippen molar-refractivity contribution in [1.29, 1.82) is 0 Å². The van der Waals surface area contributed by atoms with Crippen LogP contribution >= 0.6 is 0 Å². The molecule has 0 bridgehead atoms. The van der Waals surface area contributed by atoms with Gasteiger partial charge in [-0.05, 0) is 29.8 Å². The largest absolute Gasteiger partial charge is 0.478 e.